The lowest BCUT2D eigenvalue weighted by molar-refractivity contribution is 0.0797. The number of hydrogen-bond donors (Lipinski definition) is 0. The number of carbonyl (C=O) groups excluding carboxylic acids is 1. The van der Waals surface area contributed by atoms with E-state index in [2.05, 4.69) is 4.98 Å². The van der Waals surface area contributed by atoms with E-state index in [1.165, 1.54) is 11.3 Å². The van der Waals surface area contributed by atoms with Crippen molar-refractivity contribution in [3.63, 3.8) is 0 Å². The average molecular weight is 366 g/mol. The van der Waals surface area contributed by atoms with Crippen molar-refractivity contribution in [3.05, 3.63) is 71.4 Å². The van der Waals surface area contributed by atoms with Gasteiger partial charge in [0.1, 0.15) is 10.6 Å². The van der Waals surface area contributed by atoms with Crippen molar-refractivity contribution < 1.29 is 9.53 Å². The number of benzene rings is 1. The normalized spacial score (nSPS) is 10.5. The van der Waals surface area contributed by atoms with E-state index in [1.54, 1.807) is 11.1 Å². The maximum absolute atomic E-state index is 12.9. The Morgan fingerprint density at radius 1 is 1.15 bits per heavy atom. The molecule has 3 rings (SSSR count). The lowest BCUT2D eigenvalue weighted by atomic mass is 10.2. The van der Waals surface area contributed by atoms with Gasteiger partial charge in [0.2, 0.25) is 0 Å². The van der Waals surface area contributed by atoms with Crippen molar-refractivity contribution in [2.45, 2.75) is 13.3 Å². The molecule has 0 aliphatic rings. The maximum atomic E-state index is 12.9. The second kappa shape index (κ2) is 8.63. The van der Waals surface area contributed by atoms with Crippen LogP contribution in [0.25, 0.3) is 10.4 Å². The first-order valence-corrected chi connectivity index (χ1v) is 9.48. The predicted octanol–water partition coefficient (Wildman–Crippen LogP) is 4.52. The number of pyridine rings is 1. The molecule has 2 heterocycles. The maximum Gasteiger partial charge on any atom is 0.267 e. The highest BCUT2D eigenvalue weighted by molar-refractivity contribution is 7.17. The van der Waals surface area contributed by atoms with Gasteiger partial charge in [0.05, 0.1) is 6.61 Å². The quantitative estimate of drug-likeness (QED) is 0.617. The SMILES string of the molecule is CCOc1cc(-c2ccccc2)sc1C(=O)N(C)CCc1ccccn1. The van der Waals surface area contributed by atoms with E-state index in [1.807, 2.05) is 68.6 Å². The van der Waals surface area contributed by atoms with Crippen LogP contribution in [0.5, 0.6) is 5.75 Å². The number of hydrogen-bond acceptors (Lipinski definition) is 4. The van der Waals surface area contributed by atoms with Gasteiger partial charge in [-0.1, -0.05) is 36.4 Å². The Morgan fingerprint density at radius 2 is 1.92 bits per heavy atom. The number of nitrogens with zero attached hydrogens (tertiary/aromatic N) is 2. The largest absolute Gasteiger partial charge is 0.492 e. The van der Waals surface area contributed by atoms with Gasteiger partial charge in [-0.15, -0.1) is 11.3 Å². The molecule has 0 saturated carbocycles. The summed E-state index contributed by atoms with van der Waals surface area (Å²) in [6.07, 6.45) is 2.50. The fourth-order valence-corrected chi connectivity index (χ4v) is 3.74. The van der Waals surface area contributed by atoms with E-state index in [0.29, 0.717) is 23.8 Å². The van der Waals surface area contributed by atoms with Crippen LogP contribution in [-0.4, -0.2) is 36.0 Å². The number of likely N-dealkylation sites (N-methyl/N-ethyl adjacent to an activating group) is 1. The molecule has 134 valence electrons. The molecule has 0 radical (unpaired) electrons. The molecule has 5 heteroatoms. The second-order valence-corrected chi connectivity index (χ2v) is 6.95. The predicted molar refractivity (Wildman–Crippen MR) is 106 cm³/mol. The fourth-order valence-electron chi connectivity index (χ4n) is 2.63. The van der Waals surface area contributed by atoms with E-state index >= 15 is 0 Å². The molecule has 1 aromatic carbocycles. The number of aromatic nitrogens is 1. The molecule has 0 N–H and O–H groups in total. The number of ether oxygens (including phenoxy) is 1. The van der Waals surface area contributed by atoms with Gasteiger partial charge in [0.25, 0.3) is 5.91 Å². The summed E-state index contributed by atoms with van der Waals surface area (Å²) >= 11 is 1.48. The minimum absolute atomic E-state index is 0.0171. The van der Waals surface area contributed by atoms with Crippen LogP contribution in [0.4, 0.5) is 0 Å². The molecule has 26 heavy (non-hydrogen) atoms. The zero-order chi connectivity index (χ0) is 18.4. The van der Waals surface area contributed by atoms with Gasteiger partial charge in [0, 0.05) is 36.8 Å². The monoisotopic (exact) mass is 366 g/mol. The Bertz CT molecular complexity index is 847. The lowest BCUT2D eigenvalue weighted by Gasteiger charge is -2.16. The minimum atomic E-state index is -0.0171. The van der Waals surface area contributed by atoms with Gasteiger partial charge in [-0.25, -0.2) is 0 Å². The minimum Gasteiger partial charge on any atom is -0.492 e. The van der Waals surface area contributed by atoms with Crippen LogP contribution in [0.2, 0.25) is 0 Å². The van der Waals surface area contributed by atoms with Gasteiger partial charge in [-0.05, 0) is 30.7 Å². The van der Waals surface area contributed by atoms with Crippen LogP contribution in [0.1, 0.15) is 22.3 Å². The molecule has 0 bridgehead atoms. The Kier molecular flexibility index (Phi) is 6.02. The van der Waals surface area contributed by atoms with E-state index in [-0.39, 0.29) is 5.91 Å². The first kappa shape index (κ1) is 18.1. The van der Waals surface area contributed by atoms with E-state index < -0.39 is 0 Å². The van der Waals surface area contributed by atoms with Gasteiger partial charge < -0.3 is 9.64 Å². The van der Waals surface area contributed by atoms with Crippen LogP contribution < -0.4 is 4.74 Å². The Morgan fingerprint density at radius 3 is 2.62 bits per heavy atom. The molecule has 0 spiro atoms. The molecule has 2 aromatic heterocycles. The van der Waals surface area contributed by atoms with Gasteiger partial charge >= 0.3 is 0 Å². The van der Waals surface area contributed by atoms with Crippen molar-refractivity contribution in [1.82, 2.24) is 9.88 Å². The van der Waals surface area contributed by atoms with Gasteiger partial charge in [0.15, 0.2) is 0 Å². The molecular formula is C21H22N2O2S. The third-order valence-electron chi connectivity index (χ3n) is 4.03. The average Bonchev–Trinajstić information content (AvgIpc) is 3.11. The molecular weight excluding hydrogens is 344 g/mol. The summed E-state index contributed by atoms with van der Waals surface area (Å²) in [6, 6.07) is 17.9. The first-order valence-electron chi connectivity index (χ1n) is 8.66. The number of thiophene rings is 1. The van der Waals surface area contributed by atoms with Crippen LogP contribution in [0, 0.1) is 0 Å². The number of rotatable bonds is 7. The van der Waals surface area contributed by atoms with Crippen molar-refractivity contribution in [1.29, 1.82) is 0 Å². The second-order valence-electron chi connectivity index (χ2n) is 5.90. The van der Waals surface area contributed by atoms with Crippen LogP contribution >= 0.6 is 11.3 Å². The van der Waals surface area contributed by atoms with Crippen LogP contribution in [0.3, 0.4) is 0 Å². The number of amides is 1. The van der Waals surface area contributed by atoms with Crippen molar-refractivity contribution >= 4 is 17.2 Å². The van der Waals surface area contributed by atoms with Crippen molar-refractivity contribution in [2.75, 3.05) is 20.2 Å². The zero-order valence-electron chi connectivity index (χ0n) is 15.0. The number of carbonyl (C=O) groups is 1. The summed E-state index contributed by atoms with van der Waals surface area (Å²) < 4.78 is 5.72. The fraction of sp³-hybridized carbons (Fsp3) is 0.238. The highest BCUT2D eigenvalue weighted by atomic mass is 32.1. The molecule has 0 unspecified atom stereocenters. The van der Waals surface area contributed by atoms with Crippen LogP contribution in [0.15, 0.2) is 60.8 Å². The summed E-state index contributed by atoms with van der Waals surface area (Å²) in [5.74, 6) is 0.641. The summed E-state index contributed by atoms with van der Waals surface area (Å²) in [5.41, 5.74) is 2.07. The third-order valence-corrected chi connectivity index (χ3v) is 5.18. The molecule has 0 aliphatic heterocycles. The van der Waals surface area contributed by atoms with Crippen LogP contribution in [-0.2, 0) is 6.42 Å². The van der Waals surface area contributed by atoms with E-state index in [4.69, 9.17) is 4.74 Å². The summed E-state index contributed by atoms with van der Waals surface area (Å²) in [4.78, 5) is 20.7. The highest BCUT2D eigenvalue weighted by Crippen LogP contribution is 2.37. The Labute approximate surface area is 158 Å². The van der Waals surface area contributed by atoms with Gasteiger partial charge in [-0.3, -0.25) is 9.78 Å². The summed E-state index contributed by atoms with van der Waals surface area (Å²) in [6.45, 7) is 3.07. The Balaban J connectivity index is 1.77. The highest BCUT2D eigenvalue weighted by Gasteiger charge is 2.21. The molecule has 1 amide bonds. The first-order chi connectivity index (χ1) is 12.7. The standard InChI is InChI=1S/C21H22N2O2S/c1-3-25-18-15-19(16-9-5-4-6-10-16)26-20(18)21(24)23(2)14-12-17-11-7-8-13-22-17/h4-11,13,15H,3,12,14H2,1-2H3. The van der Waals surface area contributed by atoms with Gasteiger partial charge in [-0.2, -0.15) is 0 Å². The molecule has 0 saturated heterocycles. The van der Waals surface area contributed by atoms with Crippen molar-refractivity contribution in [3.8, 4) is 16.2 Å². The third kappa shape index (κ3) is 4.29. The van der Waals surface area contributed by atoms with E-state index in [0.717, 1.165) is 22.6 Å². The molecule has 0 aliphatic carbocycles. The lowest BCUT2D eigenvalue weighted by Crippen LogP contribution is -2.28. The summed E-state index contributed by atoms with van der Waals surface area (Å²) in [5, 5.41) is 0. The molecule has 4 nitrogen and oxygen atoms in total. The smallest absolute Gasteiger partial charge is 0.267 e. The molecule has 0 atom stereocenters. The Hall–Kier alpha value is -2.66. The van der Waals surface area contributed by atoms with Crippen molar-refractivity contribution in [2.24, 2.45) is 0 Å². The molecule has 3 aromatic rings. The van der Waals surface area contributed by atoms with E-state index in [9.17, 15) is 4.79 Å². The topological polar surface area (TPSA) is 42.4 Å². The summed E-state index contributed by atoms with van der Waals surface area (Å²) in [7, 11) is 1.82. The zero-order valence-corrected chi connectivity index (χ0v) is 15.8. The molecule has 0 fully saturated rings.